The zero-order valence-corrected chi connectivity index (χ0v) is 22.7. The second kappa shape index (κ2) is 9.71. The van der Waals surface area contributed by atoms with Crippen LogP contribution in [0, 0.1) is 6.92 Å². The Kier molecular flexibility index (Phi) is 6.19. The van der Waals surface area contributed by atoms with Gasteiger partial charge in [0.1, 0.15) is 24.0 Å². The van der Waals surface area contributed by atoms with Crippen molar-refractivity contribution >= 4 is 22.8 Å². The summed E-state index contributed by atoms with van der Waals surface area (Å²) in [5, 5.41) is 0.988. The van der Waals surface area contributed by atoms with E-state index in [9.17, 15) is 4.79 Å². The van der Waals surface area contributed by atoms with Gasteiger partial charge in [-0.1, -0.05) is 6.07 Å². The summed E-state index contributed by atoms with van der Waals surface area (Å²) < 4.78 is 30.6. The van der Waals surface area contributed by atoms with Crippen LogP contribution in [0.25, 0.3) is 17.0 Å². The summed E-state index contributed by atoms with van der Waals surface area (Å²) in [5.41, 5.74) is 5.37. The van der Waals surface area contributed by atoms with Crippen LogP contribution in [-0.2, 0) is 20.1 Å². The molecule has 0 radical (unpaired) electrons. The fraction of sp³-hybridized carbons (Fsp3) is 0.258. The first kappa shape index (κ1) is 24.9. The number of rotatable bonds is 6. The van der Waals surface area contributed by atoms with E-state index in [0.29, 0.717) is 48.4 Å². The average molecular weight is 527 g/mol. The number of aryl methyl sites for hydroxylation is 1. The van der Waals surface area contributed by atoms with Crippen LogP contribution in [0.1, 0.15) is 32.6 Å². The first-order chi connectivity index (χ1) is 18.9. The smallest absolute Gasteiger partial charge is 0.231 e. The standard InChI is InChI=1S/C31H30N2O6/c1-18-30-21(16-33(17-38-30)14-19-6-9-26(36-4)27(10-19)37-5)11-24-29(34)28(39-31(18)24)12-20-15-32(2)25-8-7-22(35-3)13-23(20)25/h6-13,15H,14,16-17H2,1-5H3/b28-12-. The average Bonchev–Trinajstić information content (AvgIpc) is 3.44. The summed E-state index contributed by atoms with van der Waals surface area (Å²) in [4.78, 5) is 15.7. The number of allylic oxidation sites excluding steroid dienone is 1. The van der Waals surface area contributed by atoms with Gasteiger partial charge in [0.25, 0.3) is 0 Å². The van der Waals surface area contributed by atoms with E-state index in [1.165, 1.54) is 0 Å². The zero-order valence-electron chi connectivity index (χ0n) is 22.7. The van der Waals surface area contributed by atoms with Crippen molar-refractivity contribution in [2.24, 2.45) is 7.05 Å². The number of benzene rings is 3. The first-order valence-electron chi connectivity index (χ1n) is 12.7. The Balaban J connectivity index is 1.28. The van der Waals surface area contributed by atoms with Crippen LogP contribution in [0.3, 0.4) is 0 Å². The lowest BCUT2D eigenvalue weighted by atomic mass is 9.99. The minimum atomic E-state index is -0.132. The van der Waals surface area contributed by atoms with Gasteiger partial charge in [0.05, 0.1) is 26.9 Å². The third-order valence-corrected chi connectivity index (χ3v) is 7.37. The molecular formula is C31H30N2O6. The zero-order chi connectivity index (χ0) is 27.3. The van der Waals surface area contributed by atoms with Gasteiger partial charge in [0.15, 0.2) is 17.3 Å². The highest BCUT2D eigenvalue weighted by Crippen LogP contribution is 2.44. The fourth-order valence-corrected chi connectivity index (χ4v) is 5.42. The number of ether oxygens (including phenoxy) is 5. The Morgan fingerprint density at radius 3 is 2.56 bits per heavy atom. The Labute approximate surface area is 226 Å². The van der Waals surface area contributed by atoms with Crippen LogP contribution in [0.15, 0.2) is 54.4 Å². The summed E-state index contributed by atoms with van der Waals surface area (Å²) >= 11 is 0. The van der Waals surface area contributed by atoms with Gasteiger partial charge in [-0.15, -0.1) is 0 Å². The third-order valence-electron chi connectivity index (χ3n) is 7.37. The molecule has 2 aliphatic heterocycles. The maximum Gasteiger partial charge on any atom is 0.231 e. The molecule has 3 aromatic carbocycles. The summed E-state index contributed by atoms with van der Waals surface area (Å²) in [6.45, 7) is 3.68. The highest BCUT2D eigenvalue weighted by molar-refractivity contribution is 6.15. The van der Waals surface area contributed by atoms with Crippen molar-refractivity contribution in [1.29, 1.82) is 0 Å². The van der Waals surface area contributed by atoms with Gasteiger partial charge in [0, 0.05) is 53.9 Å². The Hall–Kier alpha value is -4.43. The maximum atomic E-state index is 13.5. The number of nitrogens with zero attached hydrogens (tertiary/aromatic N) is 2. The highest BCUT2D eigenvalue weighted by atomic mass is 16.5. The predicted molar refractivity (Wildman–Crippen MR) is 148 cm³/mol. The van der Waals surface area contributed by atoms with Crippen LogP contribution < -0.4 is 23.7 Å². The van der Waals surface area contributed by atoms with Gasteiger partial charge < -0.3 is 28.3 Å². The molecule has 0 atom stereocenters. The molecule has 200 valence electrons. The molecule has 0 saturated carbocycles. The summed E-state index contributed by atoms with van der Waals surface area (Å²) in [5.74, 6) is 3.65. The minimum Gasteiger partial charge on any atom is -0.497 e. The lowest BCUT2D eigenvalue weighted by molar-refractivity contribution is 0.0876. The van der Waals surface area contributed by atoms with Crippen LogP contribution in [0.5, 0.6) is 28.7 Å². The molecule has 0 N–H and O–H groups in total. The predicted octanol–water partition coefficient (Wildman–Crippen LogP) is 5.48. The summed E-state index contributed by atoms with van der Waals surface area (Å²) in [6.07, 6.45) is 3.80. The van der Waals surface area contributed by atoms with E-state index in [4.69, 9.17) is 23.7 Å². The van der Waals surface area contributed by atoms with E-state index in [1.54, 1.807) is 21.3 Å². The molecule has 0 aliphatic carbocycles. The van der Waals surface area contributed by atoms with Gasteiger partial charge in [-0.2, -0.15) is 0 Å². The molecule has 8 heteroatoms. The van der Waals surface area contributed by atoms with E-state index >= 15 is 0 Å². The number of methoxy groups -OCH3 is 3. The summed E-state index contributed by atoms with van der Waals surface area (Å²) in [6, 6.07) is 13.7. The minimum absolute atomic E-state index is 0.132. The molecule has 0 bridgehead atoms. The molecule has 0 unspecified atom stereocenters. The first-order valence-corrected chi connectivity index (χ1v) is 12.7. The van der Waals surface area contributed by atoms with Gasteiger partial charge >= 0.3 is 0 Å². The number of aromatic nitrogens is 1. The van der Waals surface area contributed by atoms with Crippen molar-refractivity contribution in [3.8, 4) is 28.7 Å². The number of Topliss-reactive ketones (excluding diaryl/α,β-unsaturated/α-hetero) is 1. The molecule has 39 heavy (non-hydrogen) atoms. The maximum absolute atomic E-state index is 13.5. The van der Waals surface area contributed by atoms with Crippen molar-refractivity contribution in [1.82, 2.24) is 9.47 Å². The lowest BCUT2D eigenvalue weighted by Crippen LogP contribution is -2.32. The van der Waals surface area contributed by atoms with E-state index in [2.05, 4.69) is 4.90 Å². The normalized spacial score (nSPS) is 15.6. The number of fused-ring (bicyclic) bond motifs is 3. The van der Waals surface area contributed by atoms with Crippen LogP contribution in [0.4, 0.5) is 0 Å². The number of hydrogen-bond acceptors (Lipinski definition) is 7. The number of carbonyl (C=O) groups excluding carboxylic acids is 1. The van der Waals surface area contributed by atoms with E-state index in [0.717, 1.165) is 44.7 Å². The van der Waals surface area contributed by atoms with E-state index in [1.807, 2.05) is 73.3 Å². The van der Waals surface area contributed by atoms with Crippen LogP contribution >= 0.6 is 0 Å². The second-order valence-corrected chi connectivity index (χ2v) is 9.83. The SMILES string of the molecule is COc1ccc2c(c1)c(/C=C1\Oc3c(cc4c(c3C)OCN(Cc3ccc(OC)c(OC)c3)C4)C1=O)cn2C. The molecule has 3 heterocycles. The number of hydrogen-bond donors (Lipinski definition) is 0. The Morgan fingerprint density at radius 1 is 0.974 bits per heavy atom. The van der Waals surface area contributed by atoms with Crippen molar-refractivity contribution < 1.29 is 28.5 Å². The molecule has 0 saturated heterocycles. The Bertz CT molecular complexity index is 1650. The molecule has 1 aromatic heterocycles. The second-order valence-electron chi connectivity index (χ2n) is 9.83. The van der Waals surface area contributed by atoms with Gasteiger partial charge in [0.2, 0.25) is 5.78 Å². The number of carbonyl (C=O) groups is 1. The largest absolute Gasteiger partial charge is 0.497 e. The topological polar surface area (TPSA) is 71.4 Å². The van der Waals surface area contributed by atoms with Crippen molar-refractivity contribution in [3.05, 3.63) is 82.2 Å². The molecule has 0 spiro atoms. The van der Waals surface area contributed by atoms with Crippen LogP contribution in [-0.4, -0.2) is 43.3 Å². The molecular weight excluding hydrogens is 496 g/mol. The van der Waals surface area contributed by atoms with Crippen LogP contribution in [0.2, 0.25) is 0 Å². The summed E-state index contributed by atoms with van der Waals surface area (Å²) in [7, 11) is 6.87. The van der Waals surface area contributed by atoms with Gasteiger partial charge in [-0.05, 0) is 55.0 Å². The third kappa shape index (κ3) is 4.27. The molecule has 8 nitrogen and oxygen atoms in total. The molecule has 0 fully saturated rings. The van der Waals surface area contributed by atoms with Gasteiger partial charge in [-0.25, -0.2) is 0 Å². The monoisotopic (exact) mass is 526 g/mol. The number of ketones is 1. The van der Waals surface area contributed by atoms with Crippen molar-refractivity contribution in [3.63, 3.8) is 0 Å². The highest BCUT2D eigenvalue weighted by Gasteiger charge is 2.34. The lowest BCUT2D eigenvalue weighted by Gasteiger charge is -2.30. The molecule has 6 rings (SSSR count). The molecule has 4 aromatic rings. The van der Waals surface area contributed by atoms with Gasteiger partial charge in [-0.3, -0.25) is 9.69 Å². The van der Waals surface area contributed by atoms with E-state index < -0.39 is 0 Å². The van der Waals surface area contributed by atoms with Crippen molar-refractivity contribution in [2.75, 3.05) is 28.1 Å². The fourth-order valence-electron chi connectivity index (χ4n) is 5.42. The van der Waals surface area contributed by atoms with Crippen molar-refractivity contribution in [2.45, 2.75) is 20.0 Å². The quantitative estimate of drug-likeness (QED) is 0.308. The van der Waals surface area contributed by atoms with E-state index in [-0.39, 0.29) is 5.78 Å². The molecule has 0 amide bonds. The molecule has 2 aliphatic rings. The Morgan fingerprint density at radius 2 is 1.79 bits per heavy atom.